The molecule has 2 saturated carbocycles. The van der Waals surface area contributed by atoms with Gasteiger partial charge in [0.05, 0.1) is 0 Å². The monoisotopic (exact) mass is 265 g/mol. The minimum Gasteiger partial charge on any atom is -0.313 e. The van der Waals surface area contributed by atoms with Gasteiger partial charge in [-0.25, -0.2) is 0 Å². The molecule has 19 heavy (non-hydrogen) atoms. The van der Waals surface area contributed by atoms with E-state index >= 15 is 0 Å². The van der Waals surface area contributed by atoms with Crippen molar-refractivity contribution in [3.8, 4) is 0 Å². The molecule has 3 nitrogen and oxygen atoms in total. The largest absolute Gasteiger partial charge is 0.313 e. The van der Waals surface area contributed by atoms with Gasteiger partial charge in [-0.1, -0.05) is 12.8 Å². The number of likely N-dealkylation sites (N-methyl/N-ethyl adjacent to an activating group) is 1. The van der Waals surface area contributed by atoms with Crippen LogP contribution in [-0.2, 0) is 0 Å². The molecule has 0 radical (unpaired) electrons. The maximum Gasteiger partial charge on any atom is 0.0110 e. The topological polar surface area (TPSA) is 18.5 Å². The van der Waals surface area contributed by atoms with Gasteiger partial charge in [0.25, 0.3) is 0 Å². The Morgan fingerprint density at radius 1 is 0.947 bits per heavy atom. The second kappa shape index (κ2) is 6.55. The van der Waals surface area contributed by atoms with Crippen molar-refractivity contribution in [1.29, 1.82) is 0 Å². The molecule has 2 atom stereocenters. The molecular formula is C16H31N3. The fourth-order valence-corrected chi connectivity index (χ4v) is 3.91. The third-order valence-electron chi connectivity index (χ3n) is 5.46. The maximum absolute atomic E-state index is 3.84. The van der Waals surface area contributed by atoms with Crippen LogP contribution in [0.25, 0.3) is 0 Å². The summed E-state index contributed by atoms with van der Waals surface area (Å²) in [6.07, 6.45) is 8.92. The zero-order valence-electron chi connectivity index (χ0n) is 12.6. The molecule has 1 aliphatic heterocycles. The summed E-state index contributed by atoms with van der Waals surface area (Å²) in [5.74, 6) is 2.18. The van der Waals surface area contributed by atoms with Crippen molar-refractivity contribution in [2.24, 2.45) is 11.8 Å². The molecule has 3 fully saturated rings. The van der Waals surface area contributed by atoms with Crippen LogP contribution in [0, 0.1) is 11.8 Å². The van der Waals surface area contributed by atoms with Crippen LogP contribution in [0.1, 0.15) is 38.5 Å². The number of nitrogens with zero attached hydrogens (tertiary/aromatic N) is 2. The summed E-state index contributed by atoms with van der Waals surface area (Å²) in [4.78, 5) is 5.06. The highest BCUT2D eigenvalue weighted by atomic mass is 15.2. The van der Waals surface area contributed by atoms with E-state index in [1.54, 1.807) is 0 Å². The first-order valence-corrected chi connectivity index (χ1v) is 8.45. The van der Waals surface area contributed by atoms with E-state index in [4.69, 9.17) is 0 Å². The zero-order valence-corrected chi connectivity index (χ0v) is 12.6. The molecule has 2 aliphatic carbocycles. The molecule has 0 aromatic rings. The summed E-state index contributed by atoms with van der Waals surface area (Å²) in [5, 5.41) is 3.84. The van der Waals surface area contributed by atoms with E-state index < -0.39 is 0 Å². The fourth-order valence-electron chi connectivity index (χ4n) is 3.91. The van der Waals surface area contributed by atoms with Crippen molar-refractivity contribution in [1.82, 2.24) is 15.1 Å². The molecule has 1 saturated heterocycles. The van der Waals surface area contributed by atoms with Gasteiger partial charge in [-0.15, -0.1) is 0 Å². The van der Waals surface area contributed by atoms with Gasteiger partial charge < -0.3 is 10.2 Å². The van der Waals surface area contributed by atoms with Gasteiger partial charge in [0, 0.05) is 45.3 Å². The lowest BCUT2D eigenvalue weighted by Gasteiger charge is -2.34. The fraction of sp³-hybridized carbons (Fsp3) is 1.00. The first kappa shape index (κ1) is 13.8. The molecular weight excluding hydrogens is 234 g/mol. The van der Waals surface area contributed by atoms with E-state index in [-0.39, 0.29) is 0 Å². The van der Waals surface area contributed by atoms with Crippen LogP contribution in [-0.4, -0.2) is 62.2 Å². The van der Waals surface area contributed by atoms with Crippen molar-refractivity contribution >= 4 is 0 Å². The smallest absolute Gasteiger partial charge is 0.0110 e. The first-order chi connectivity index (χ1) is 9.31. The molecule has 1 N–H and O–H groups in total. The Morgan fingerprint density at radius 3 is 2.47 bits per heavy atom. The molecule has 0 aromatic carbocycles. The number of hydrogen-bond donors (Lipinski definition) is 1. The molecule has 0 aromatic heterocycles. The van der Waals surface area contributed by atoms with E-state index in [0.717, 1.165) is 17.9 Å². The van der Waals surface area contributed by atoms with E-state index in [2.05, 4.69) is 22.2 Å². The number of hydrogen-bond acceptors (Lipinski definition) is 3. The summed E-state index contributed by atoms with van der Waals surface area (Å²) in [5.41, 5.74) is 0. The minimum atomic E-state index is 0.826. The molecule has 2 unspecified atom stereocenters. The lowest BCUT2D eigenvalue weighted by molar-refractivity contribution is 0.151. The molecule has 0 spiro atoms. The quantitative estimate of drug-likeness (QED) is 0.818. The first-order valence-electron chi connectivity index (χ1n) is 8.45. The van der Waals surface area contributed by atoms with Crippen LogP contribution in [0.3, 0.4) is 0 Å². The van der Waals surface area contributed by atoms with Crippen LogP contribution in [0.2, 0.25) is 0 Å². The second-order valence-electron chi connectivity index (χ2n) is 7.06. The lowest BCUT2D eigenvalue weighted by atomic mass is 9.83. The van der Waals surface area contributed by atoms with Crippen LogP contribution >= 0.6 is 0 Å². The van der Waals surface area contributed by atoms with Crippen molar-refractivity contribution in [2.45, 2.75) is 44.6 Å². The Kier molecular flexibility index (Phi) is 4.78. The SMILES string of the molecule is CN1CCN(CCNC2CCCC(C3CC3)C2)CC1. The minimum absolute atomic E-state index is 0.826. The Balaban J connectivity index is 1.31. The van der Waals surface area contributed by atoms with E-state index in [1.165, 1.54) is 77.8 Å². The van der Waals surface area contributed by atoms with Crippen molar-refractivity contribution in [2.75, 3.05) is 46.3 Å². The summed E-state index contributed by atoms with van der Waals surface area (Å²) in [7, 11) is 2.23. The van der Waals surface area contributed by atoms with Crippen LogP contribution in [0.4, 0.5) is 0 Å². The van der Waals surface area contributed by atoms with Crippen molar-refractivity contribution < 1.29 is 0 Å². The summed E-state index contributed by atoms with van der Waals surface area (Å²) in [6.45, 7) is 7.45. The second-order valence-corrected chi connectivity index (χ2v) is 7.06. The van der Waals surface area contributed by atoms with Crippen molar-refractivity contribution in [3.05, 3.63) is 0 Å². The maximum atomic E-state index is 3.84. The standard InChI is InChI=1S/C16H31N3/c1-18-9-11-19(12-10-18)8-7-17-16-4-2-3-15(13-16)14-5-6-14/h14-17H,2-13H2,1H3. The zero-order chi connectivity index (χ0) is 13.1. The molecule has 3 heteroatoms. The average Bonchev–Trinajstić information content (AvgIpc) is 3.26. The highest BCUT2D eigenvalue weighted by Crippen LogP contribution is 2.43. The summed E-state index contributed by atoms with van der Waals surface area (Å²) in [6, 6.07) is 0.826. The summed E-state index contributed by atoms with van der Waals surface area (Å²) < 4.78 is 0. The van der Waals surface area contributed by atoms with Gasteiger partial charge >= 0.3 is 0 Å². The lowest BCUT2D eigenvalue weighted by Crippen LogP contribution is -2.47. The van der Waals surface area contributed by atoms with E-state index in [1.807, 2.05) is 0 Å². The van der Waals surface area contributed by atoms with Crippen molar-refractivity contribution in [3.63, 3.8) is 0 Å². The Labute approximate surface area is 118 Å². The average molecular weight is 265 g/mol. The Hall–Kier alpha value is -0.120. The number of piperazine rings is 1. The Bertz CT molecular complexity index is 269. The Morgan fingerprint density at radius 2 is 1.74 bits per heavy atom. The van der Waals surface area contributed by atoms with Gasteiger partial charge in [0.1, 0.15) is 0 Å². The highest BCUT2D eigenvalue weighted by molar-refractivity contribution is 4.88. The number of nitrogens with one attached hydrogen (secondary N) is 1. The third-order valence-corrected chi connectivity index (χ3v) is 5.46. The van der Waals surface area contributed by atoms with Gasteiger partial charge in [-0.3, -0.25) is 4.90 Å². The molecule has 3 aliphatic rings. The van der Waals surface area contributed by atoms with Crippen LogP contribution < -0.4 is 5.32 Å². The highest BCUT2D eigenvalue weighted by Gasteiger charge is 2.34. The molecule has 1 heterocycles. The van der Waals surface area contributed by atoms with Crippen LogP contribution in [0.5, 0.6) is 0 Å². The van der Waals surface area contributed by atoms with Gasteiger partial charge in [-0.2, -0.15) is 0 Å². The molecule has 0 amide bonds. The molecule has 0 bridgehead atoms. The number of rotatable bonds is 5. The predicted molar refractivity (Wildman–Crippen MR) is 80.4 cm³/mol. The molecule has 3 rings (SSSR count). The van der Waals surface area contributed by atoms with E-state index in [9.17, 15) is 0 Å². The third kappa shape index (κ3) is 4.17. The normalized spacial score (nSPS) is 34.6. The van der Waals surface area contributed by atoms with Gasteiger partial charge in [-0.05, 0) is 44.6 Å². The molecule has 110 valence electrons. The van der Waals surface area contributed by atoms with Gasteiger partial charge in [0.15, 0.2) is 0 Å². The predicted octanol–water partition coefficient (Wildman–Crippen LogP) is 1.79. The van der Waals surface area contributed by atoms with E-state index in [0.29, 0.717) is 0 Å². The van der Waals surface area contributed by atoms with Gasteiger partial charge in [0.2, 0.25) is 0 Å². The summed E-state index contributed by atoms with van der Waals surface area (Å²) >= 11 is 0. The van der Waals surface area contributed by atoms with Crippen LogP contribution in [0.15, 0.2) is 0 Å².